The summed E-state index contributed by atoms with van der Waals surface area (Å²) in [5.74, 6) is 5.42. The summed E-state index contributed by atoms with van der Waals surface area (Å²) in [7, 11) is 0. The van der Waals surface area contributed by atoms with Crippen molar-refractivity contribution in [2.75, 3.05) is 5.84 Å². The van der Waals surface area contributed by atoms with E-state index in [2.05, 4.69) is 4.98 Å². The van der Waals surface area contributed by atoms with Gasteiger partial charge >= 0.3 is 5.97 Å². The molecule has 0 saturated heterocycles. The van der Waals surface area contributed by atoms with Crippen LogP contribution in [0.4, 0.5) is 0 Å². The summed E-state index contributed by atoms with van der Waals surface area (Å²) < 4.78 is 0.993. The molecule has 3 N–H and O–H groups in total. The second-order valence-corrected chi connectivity index (χ2v) is 7.33. The number of carbonyl (C=O) groups is 1. The highest BCUT2D eigenvalue weighted by molar-refractivity contribution is 7.98. The van der Waals surface area contributed by atoms with Crippen LogP contribution in [0.15, 0.2) is 34.2 Å². The Balaban J connectivity index is 1.99. The first-order valence-corrected chi connectivity index (χ1v) is 8.91. The van der Waals surface area contributed by atoms with Crippen molar-refractivity contribution in [3.8, 4) is 0 Å². The van der Waals surface area contributed by atoms with Crippen LogP contribution < -0.4 is 11.4 Å². The minimum atomic E-state index is -1.06. The van der Waals surface area contributed by atoms with Gasteiger partial charge in [-0.3, -0.25) is 4.79 Å². The molecule has 2 aromatic heterocycles. The number of aromatic carboxylic acids is 1. The van der Waals surface area contributed by atoms with E-state index in [0.717, 1.165) is 21.6 Å². The molecule has 0 fully saturated rings. The van der Waals surface area contributed by atoms with Crippen molar-refractivity contribution in [2.45, 2.75) is 24.8 Å². The van der Waals surface area contributed by atoms with Gasteiger partial charge in [0.25, 0.3) is 5.56 Å². The lowest BCUT2D eigenvalue weighted by atomic mass is 10.2. The summed E-state index contributed by atoms with van der Waals surface area (Å²) >= 11 is 2.34. The molecule has 124 valence electrons. The minimum absolute atomic E-state index is 0.121. The highest BCUT2D eigenvalue weighted by Gasteiger charge is 2.20. The third kappa shape index (κ3) is 2.90. The molecule has 2 heterocycles. The fourth-order valence-corrected chi connectivity index (χ4v) is 4.25. The third-order valence-electron chi connectivity index (χ3n) is 3.65. The number of carboxylic acids is 1. The third-order valence-corrected chi connectivity index (χ3v) is 5.84. The van der Waals surface area contributed by atoms with Gasteiger partial charge < -0.3 is 10.9 Å². The fraction of sp³-hybridized carbons (Fsp3) is 0.188. The zero-order chi connectivity index (χ0) is 17.4. The number of hydrogen-bond acceptors (Lipinski definition) is 6. The minimum Gasteiger partial charge on any atom is -0.477 e. The van der Waals surface area contributed by atoms with Gasteiger partial charge in [-0.05, 0) is 25.0 Å². The van der Waals surface area contributed by atoms with E-state index in [0.29, 0.717) is 21.3 Å². The number of thioether (sulfide) groups is 1. The first kappa shape index (κ1) is 16.5. The molecule has 0 bridgehead atoms. The number of thiophene rings is 1. The number of fused-ring (bicyclic) bond motifs is 1. The molecule has 0 spiro atoms. The summed E-state index contributed by atoms with van der Waals surface area (Å²) in [4.78, 5) is 28.6. The maximum Gasteiger partial charge on any atom is 0.346 e. The van der Waals surface area contributed by atoms with Crippen molar-refractivity contribution in [3.05, 3.63) is 56.2 Å². The van der Waals surface area contributed by atoms with Crippen LogP contribution in [0.5, 0.6) is 0 Å². The van der Waals surface area contributed by atoms with Crippen molar-refractivity contribution >= 4 is 39.3 Å². The van der Waals surface area contributed by atoms with Crippen LogP contribution >= 0.6 is 23.1 Å². The van der Waals surface area contributed by atoms with Gasteiger partial charge in [0.15, 0.2) is 5.16 Å². The molecule has 24 heavy (non-hydrogen) atoms. The molecule has 0 aliphatic carbocycles. The quantitative estimate of drug-likeness (QED) is 0.421. The Bertz CT molecular complexity index is 990. The molecule has 0 unspecified atom stereocenters. The average molecular weight is 361 g/mol. The number of rotatable bonds is 4. The maximum atomic E-state index is 12.5. The standard InChI is InChI=1S/C16H15N3O3S2/c1-8-3-5-10(6-4-8)7-23-16-18-13-11(14(20)19(16)17)9(2)12(24-13)15(21)22/h3-6H,7,17H2,1-2H3,(H,21,22). The number of aromatic nitrogens is 2. The molecule has 0 aliphatic rings. The van der Waals surface area contributed by atoms with Gasteiger partial charge in [0, 0.05) is 5.75 Å². The average Bonchev–Trinajstić information content (AvgIpc) is 2.88. The van der Waals surface area contributed by atoms with Crippen molar-refractivity contribution < 1.29 is 9.90 Å². The van der Waals surface area contributed by atoms with Crippen LogP contribution in [0.3, 0.4) is 0 Å². The summed E-state index contributed by atoms with van der Waals surface area (Å²) in [6, 6.07) is 8.06. The molecule has 0 radical (unpaired) electrons. The zero-order valence-corrected chi connectivity index (χ0v) is 14.7. The number of hydrogen-bond donors (Lipinski definition) is 2. The van der Waals surface area contributed by atoms with Crippen molar-refractivity contribution in [1.82, 2.24) is 9.66 Å². The van der Waals surface area contributed by atoms with E-state index in [1.54, 1.807) is 6.92 Å². The Labute approximate surface area is 145 Å². The van der Waals surface area contributed by atoms with E-state index < -0.39 is 11.5 Å². The molecule has 0 amide bonds. The number of aryl methyl sites for hydroxylation is 2. The Morgan fingerprint density at radius 3 is 2.62 bits per heavy atom. The van der Waals surface area contributed by atoms with Gasteiger partial charge in [-0.2, -0.15) is 0 Å². The molecule has 0 saturated carbocycles. The van der Waals surface area contributed by atoms with Crippen LogP contribution in [0.2, 0.25) is 0 Å². The lowest BCUT2D eigenvalue weighted by Crippen LogP contribution is -2.29. The lowest BCUT2D eigenvalue weighted by Gasteiger charge is -2.07. The highest BCUT2D eigenvalue weighted by Crippen LogP contribution is 2.29. The van der Waals surface area contributed by atoms with E-state index >= 15 is 0 Å². The van der Waals surface area contributed by atoms with Crippen LogP contribution in [0, 0.1) is 13.8 Å². The maximum absolute atomic E-state index is 12.5. The second kappa shape index (κ2) is 6.29. The van der Waals surface area contributed by atoms with Gasteiger partial charge in [-0.25, -0.2) is 14.5 Å². The Morgan fingerprint density at radius 1 is 1.33 bits per heavy atom. The molecule has 0 aliphatic heterocycles. The molecule has 3 aromatic rings. The van der Waals surface area contributed by atoms with E-state index in [9.17, 15) is 14.7 Å². The summed E-state index contributed by atoms with van der Waals surface area (Å²) in [6.45, 7) is 3.62. The summed E-state index contributed by atoms with van der Waals surface area (Å²) in [5, 5.41) is 9.85. The van der Waals surface area contributed by atoms with Crippen molar-refractivity contribution in [1.29, 1.82) is 0 Å². The normalized spacial score (nSPS) is 11.1. The molecule has 6 nitrogen and oxygen atoms in total. The smallest absolute Gasteiger partial charge is 0.346 e. The van der Waals surface area contributed by atoms with Crippen LogP contribution in [-0.2, 0) is 5.75 Å². The Kier molecular flexibility index (Phi) is 4.33. The van der Waals surface area contributed by atoms with Crippen LogP contribution in [0.25, 0.3) is 10.2 Å². The van der Waals surface area contributed by atoms with Gasteiger partial charge in [0.05, 0.1) is 5.39 Å². The topological polar surface area (TPSA) is 98.2 Å². The largest absolute Gasteiger partial charge is 0.477 e. The predicted octanol–water partition coefficient (Wildman–Crippen LogP) is 2.78. The molecular weight excluding hydrogens is 346 g/mol. The number of nitrogen functional groups attached to an aromatic ring is 1. The fourth-order valence-electron chi connectivity index (χ4n) is 2.31. The SMILES string of the molecule is Cc1ccc(CSc2nc3sc(C(=O)O)c(C)c3c(=O)n2N)cc1. The van der Waals surface area contributed by atoms with Crippen LogP contribution in [-0.4, -0.2) is 20.7 Å². The zero-order valence-electron chi connectivity index (χ0n) is 13.1. The lowest BCUT2D eigenvalue weighted by molar-refractivity contribution is 0.0701. The Hall–Kier alpha value is -2.32. The monoisotopic (exact) mass is 361 g/mol. The summed E-state index contributed by atoms with van der Waals surface area (Å²) in [6.07, 6.45) is 0. The molecule has 0 atom stereocenters. The molecule has 8 heteroatoms. The first-order valence-electron chi connectivity index (χ1n) is 7.11. The van der Waals surface area contributed by atoms with Gasteiger partial charge in [0.2, 0.25) is 0 Å². The van der Waals surface area contributed by atoms with Crippen molar-refractivity contribution in [3.63, 3.8) is 0 Å². The number of benzene rings is 1. The predicted molar refractivity (Wildman–Crippen MR) is 96.5 cm³/mol. The van der Waals surface area contributed by atoms with E-state index in [4.69, 9.17) is 5.84 Å². The number of nitrogens with two attached hydrogens (primary N) is 1. The van der Waals surface area contributed by atoms with Gasteiger partial charge in [0.1, 0.15) is 9.71 Å². The van der Waals surface area contributed by atoms with E-state index in [-0.39, 0.29) is 10.3 Å². The Morgan fingerprint density at radius 2 is 2.00 bits per heavy atom. The van der Waals surface area contributed by atoms with Gasteiger partial charge in [-0.15, -0.1) is 11.3 Å². The molecule has 1 aromatic carbocycles. The number of carboxylic acid groups (broad SMARTS) is 1. The number of nitrogens with zero attached hydrogens (tertiary/aromatic N) is 2. The van der Waals surface area contributed by atoms with Crippen LogP contribution in [0.1, 0.15) is 26.4 Å². The van der Waals surface area contributed by atoms with E-state index in [1.165, 1.54) is 17.3 Å². The summed E-state index contributed by atoms with van der Waals surface area (Å²) in [5.41, 5.74) is 2.25. The van der Waals surface area contributed by atoms with Gasteiger partial charge in [-0.1, -0.05) is 41.6 Å². The molecular formula is C16H15N3O3S2. The van der Waals surface area contributed by atoms with Crippen molar-refractivity contribution in [2.24, 2.45) is 0 Å². The molecule has 3 rings (SSSR count). The second-order valence-electron chi connectivity index (χ2n) is 5.39. The van der Waals surface area contributed by atoms with E-state index in [1.807, 2.05) is 31.2 Å². The highest BCUT2D eigenvalue weighted by atomic mass is 32.2. The first-order chi connectivity index (χ1) is 11.4.